The highest BCUT2D eigenvalue weighted by molar-refractivity contribution is 6.09. The molecule has 2 heterocycles. The Kier molecular flexibility index (Phi) is 3.25. The average molecular weight is 293 g/mol. The fourth-order valence-electron chi connectivity index (χ4n) is 2.36. The lowest BCUT2D eigenvalue weighted by atomic mass is 10.1. The molecule has 0 amide bonds. The number of aryl methyl sites for hydroxylation is 2. The van der Waals surface area contributed by atoms with E-state index in [1.807, 2.05) is 19.9 Å². The molecule has 0 aliphatic carbocycles. The molecule has 0 aliphatic rings. The van der Waals surface area contributed by atoms with Gasteiger partial charge in [0.25, 0.3) is 0 Å². The molecule has 2 aromatic heterocycles. The molecule has 0 saturated heterocycles. The van der Waals surface area contributed by atoms with Crippen molar-refractivity contribution in [1.29, 1.82) is 0 Å². The van der Waals surface area contributed by atoms with Gasteiger partial charge in [0.05, 0.1) is 11.1 Å². The average Bonchev–Trinajstić information content (AvgIpc) is 2.53. The van der Waals surface area contributed by atoms with E-state index in [-0.39, 0.29) is 16.7 Å². The molecule has 0 unspecified atom stereocenters. The first-order chi connectivity index (χ1) is 10.5. The van der Waals surface area contributed by atoms with Crippen molar-refractivity contribution >= 4 is 16.7 Å². The van der Waals surface area contributed by atoms with Crippen LogP contribution in [-0.2, 0) is 0 Å². The van der Waals surface area contributed by atoms with Crippen LogP contribution in [0.25, 0.3) is 10.9 Å². The second-order valence-corrected chi connectivity index (χ2v) is 5.22. The zero-order valence-corrected chi connectivity index (χ0v) is 12.3. The Labute approximate surface area is 127 Å². The summed E-state index contributed by atoms with van der Waals surface area (Å²) in [4.78, 5) is 29.4. The summed E-state index contributed by atoms with van der Waals surface area (Å²) in [6.07, 6.45) is 1.36. The number of benzene rings is 1. The molecule has 110 valence electrons. The van der Waals surface area contributed by atoms with Crippen molar-refractivity contribution in [3.63, 3.8) is 0 Å². The lowest BCUT2D eigenvalue weighted by Gasteiger charge is -2.08. The van der Waals surface area contributed by atoms with Crippen molar-refractivity contribution in [3.8, 4) is 0 Å². The third kappa shape index (κ3) is 2.16. The zero-order valence-electron chi connectivity index (χ0n) is 12.3. The van der Waals surface area contributed by atoms with Gasteiger partial charge >= 0.3 is 0 Å². The molecule has 0 saturated carbocycles. The van der Waals surface area contributed by atoms with E-state index in [2.05, 4.69) is 4.98 Å². The van der Waals surface area contributed by atoms with Crippen LogP contribution in [0.5, 0.6) is 0 Å². The Morgan fingerprint density at radius 1 is 1.14 bits per heavy atom. The highest BCUT2D eigenvalue weighted by Crippen LogP contribution is 2.13. The Balaban J connectivity index is 2.21. The highest BCUT2D eigenvalue weighted by atomic mass is 16.1. The standard InChI is InChI=1S/C17H15N3O2/c1-10-7-8-14(19-11(10)2)17(22)13-9-20(18)15-6-4-3-5-12(15)16(13)21/h3-9H,18H2,1-2H3. The van der Waals surface area contributed by atoms with Gasteiger partial charge in [-0.2, -0.15) is 0 Å². The van der Waals surface area contributed by atoms with Crippen LogP contribution in [0.15, 0.2) is 47.4 Å². The molecule has 2 N–H and O–H groups in total. The summed E-state index contributed by atoms with van der Waals surface area (Å²) in [7, 11) is 0. The zero-order chi connectivity index (χ0) is 15.9. The summed E-state index contributed by atoms with van der Waals surface area (Å²) >= 11 is 0. The van der Waals surface area contributed by atoms with Crippen molar-refractivity contribution < 1.29 is 4.79 Å². The van der Waals surface area contributed by atoms with Gasteiger partial charge in [-0.15, -0.1) is 0 Å². The van der Waals surface area contributed by atoms with E-state index in [0.717, 1.165) is 11.3 Å². The molecule has 22 heavy (non-hydrogen) atoms. The lowest BCUT2D eigenvalue weighted by Crippen LogP contribution is -2.23. The highest BCUT2D eigenvalue weighted by Gasteiger charge is 2.18. The quantitative estimate of drug-likeness (QED) is 0.578. The van der Waals surface area contributed by atoms with Gasteiger partial charge in [-0.05, 0) is 37.6 Å². The van der Waals surface area contributed by atoms with Crippen LogP contribution in [0.3, 0.4) is 0 Å². The normalized spacial score (nSPS) is 10.8. The summed E-state index contributed by atoms with van der Waals surface area (Å²) in [6, 6.07) is 10.4. The Morgan fingerprint density at radius 2 is 1.86 bits per heavy atom. The van der Waals surface area contributed by atoms with Gasteiger partial charge in [-0.3, -0.25) is 14.3 Å². The first-order valence-corrected chi connectivity index (χ1v) is 6.87. The fourth-order valence-corrected chi connectivity index (χ4v) is 2.36. The van der Waals surface area contributed by atoms with Crippen LogP contribution >= 0.6 is 0 Å². The van der Waals surface area contributed by atoms with Crippen molar-refractivity contribution in [2.45, 2.75) is 13.8 Å². The number of nitrogen functional groups attached to an aromatic ring is 1. The number of carbonyl (C=O) groups excluding carboxylic acids is 1. The summed E-state index contributed by atoms with van der Waals surface area (Å²) < 4.78 is 1.30. The molecule has 0 spiro atoms. The molecule has 0 bridgehead atoms. The number of hydrogen-bond acceptors (Lipinski definition) is 4. The maximum atomic E-state index is 12.6. The number of nitrogens with zero attached hydrogens (tertiary/aromatic N) is 2. The molecule has 0 atom stereocenters. The third-order valence-electron chi connectivity index (χ3n) is 3.77. The summed E-state index contributed by atoms with van der Waals surface area (Å²) in [5.41, 5.74) is 2.28. The maximum absolute atomic E-state index is 12.6. The van der Waals surface area contributed by atoms with Gasteiger partial charge in [-0.25, -0.2) is 4.98 Å². The number of pyridine rings is 2. The van der Waals surface area contributed by atoms with E-state index in [0.29, 0.717) is 10.9 Å². The summed E-state index contributed by atoms with van der Waals surface area (Å²) in [6.45, 7) is 3.74. The molecule has 0 radical (unpaired) electrons. The minimum Gasteiger partial charge on any atom is -0.339 e. The molecule has 1 aromatic carbocycles. The van der Waals surface area contributed by atoms with Crippen molar-refractivity contribution in [2.24, 2.45) is 0 Å². The number of para-hydroxylation sites is 1. The molecular formula is C17H15N3O2. The van der Waals surface area contributed by atoms with E-state index in [1.165, 1.54) is 10.9 Å². The molecule has 5 nitrogen and oxygen atoms in total. The number of ketones is 1. The second-order valence-electron chi connectivity index (χ2n) is 5.22. The van der Waals surface area contributed by atoms with Crippen molar-refractivity contribution in [1.82, 2.24) is 9.66 Å². The van der Waals surface area contributed by atoms with E-state index in [1.54, 1.807) is 30.3 Å². The number of nitrogens with two attached hydrogens (primary N) is 1. The Bertz CT molecular complexity index is 958. The Hall–Kier alpha value is -2.95. The summed E-state index contributed by atoms with van der Waals surface area (Å²) in [5, 5.41) is 0.416. The molecule has 3 aromatic rings. The molecule has 0 aliphatic heterocycles. The first-order valence-electron chi connectivity index (χ1n) is 6.87. The number of aromatic nitrogens is 2. The van der Waals surface area contributed by atoms with Crippen LogP contribution in [0.2, 0.25) is 0 Å². The van der Waals surface area contributed by atoms with Gasteiger partial charge < -0.3 is 5.84 Å². The monoisotopic (exact) mass is 293 g/mol. The number of rotatable bonds is 2. The minimum atomic E-state index is -0.418. The van der Waals surface area contributed by atoms with Gasteiger partial charge in [0.2, 0.25) is 11.2 Å². The third-order valence-corrected chi connectivity index (χ3v) is 3.77. The van der Waals surface area contributed by atoms with Crippen LogP contribution < -0.4 is 11.3 Å². The van der Waals surface area contributed by atoms with Gasteiger partial charge in [0.15, 0.2) is 0 Å². The SMILES string of the molecule is Cc1ccc(C(=O)c2cn(N)c3ccccc3c2=O)nc1C. The van der Waals surface area contributed by atoms with Gasteiger partial charge in [0, 0.05) is 17.3 Å². The van der Waals surface area contributed by atoms with E-state index >= 15 is 0 Å². The minimum absolute atomic E-state index is 0.0250. The second kappa shape index (κ2) is 5.11. The van der Waals surface area contributed by atoms with Crippen molar-refractivity contribution in [3.05, 3.63) is 75.3 Å². The smallest absolute Gasteiger partial charge is 0.216 e. The van der Waals surface area contributed by atoms with Crippen molar-refractivity contribution in [2.75, 3.05) is 5.84 Å². The largest absolute Gasteiger partial charge is 0.339 e. The first kappa shape index (κ1) is 14.0. The predicted molar refractivity (Wildman–Crippen MR) is 85.5 cm³/mol. The summed E-state index contributed by atoms with van der Waals surface area (Å²) in [5.74, 6) is 5.48. The number of hydrogen-bond donors (Lipinski definition) is 1. The van der Waals surface area contributed by atoms with Gasteiger partial charge in [0.1, 0.15) is 5.69 Å². The predicted octanol–water partition coefficient (Wildman–Crippen LogP) is 1.96. The fraction of sp³-hybridized carbons (Fsp3) is 0.118. The van der Waals surface area contributed by atoms with Crippen LogP contribution in [-0.4, -0.2) is 15.4 Å². The van der Waals surface area contributed by atoms with Gasteiger partial charge in [-0.1, -0.05) is 18.2 Å². The van der Waals surface area contributed by atoms with E-state index in [9.17, 15) is 9.59 Å². The lowest BCUT2D eigenvalue weighted by molar-refractivity contribution is 0.103. The van der Waals surface area contributed by atoms with Crippen LogP contribution in [0.4, 0.5) is 0 Å². The topological polar surface area (TPSA) is 78.0 Å². The number of carbonyl (C=O) groups is 1. The molecular weight excluding hydrogens is 278 g/mol. The maximum Gasteiger partial charge on any atom is 0.216 e. The van der Waals surface area contributed by atoms with E-state index < -0.39 is 5.78 Å². The van der Waals surface area contributed by atoms with Crippen LogP contribution in [0.1, 0.15) is 27.3 Å². The van der Waals surface area contributed by atoms with E-state index in [4.69, 9.17) is 5.84 Å². The molecule has 0 fully saturated rings. The molecule has 5 heteroatoms. The molecule has 3 rings (SSSR count). The number of fused-ring (bicyclic) bond motifs is 1. The van der Waals surface area contributed by atoms with Crippen LogP contribution in [0, 0.1) is 13.8 Å². The Morgan fingerprint density at radius 3 is 2.59 bits per heavy atom.